The topological polar surface area (TPSA) is 101 Å². The summed E-state index contributed by atoms with van der Waals surface area (Å²) in [5.74, 6) is -0.987. The number of aromatic amines is 1. The summed E-state index contributed by atoms with van der Waals surface area (Å²) in [6.07, 6.45) is -0.0751. The van der Waals surface area contributed by atoms with Gasteiger partial charge in [-0.05, 0) is 54.7 Å². The number of nitrogens with two attached hydrogens (primary N) is 1. The van der Waals surface area contributed by atoms with E-state index < -0.39 is 12.3 Å². The summed E-state index contributed by atoms with van der Waals surface area (Å²) in [6, 6.07) is 6.63. The maximum Gasteiger partial charge on any atom is 0.573 e. The second-order valence-electron chi connectivity index (χ2n) is 7.37. The molecule has 1 aromatic carbocycles. The number of pyridine rings is 1. The van der Waals surface area contributed by atoms with Crippen molar-refractivity contribution >= 4 is 22.8 Å². The average molecular weight is 432 g/mol. The molecule has 0 unspecified atom stereocenters. The van der Waals surface area contributed by atoms with Gasteiger partial charge < -0.3 is 20.4 Å². The van der Waals surface area contributed by atoms with Crippen LogP contribution in [0, 0.1) is 0 Å². The van der Waals surface area contributed by atoms with Crippen LogP contribution in [0.1, 0.15) is 45.0 Å². The number of ether oxygens (including phenoxy) is 1. The molecule has 7 nitrogen and oxygen atoms in total. The molecule has 1 fully saturated rings. The van der Waals surface area contributed by atoms with Crippen LogP contribution in [0.5, 0.6) is 5.75 Å². The Hall–Kier alpha value is -3.56. The number of halogens is 3. The van der Waals surface area contributed by atoms with E-state index in [1.54, 1.807) is 11.0 Å². The molecule has 1 aliphatic rings. The van der Waals surface area contributed by atoms with Crippen molar-refractivity contribution in [1.29, 1.82) is 0 Å². The largest absolute Gasteiger partial charge is 0.573 e. The lowest BCUT2D eigenvalue weighted by Crippen LogP contribution is -2.37. The molecule has 0 atom stereocenters. The number of carbonyl (C=O) groups is 2. The molecular formula is C21H19F3N4O3. The summed E-state index contributed by atoms with van der Waals surface area (Å²) in [5.41, 5.74) is 7.67. The second kappa shape index (κ2) is 7.93. The first-order valence-electron chi connectivity index (χ1n) is 9.63. The predicted molar refractivity (Wildman–Crippen MR) is 106 cm³/mol. The van der Waals surface area contributed by atoms with Crippen LogP contribution in [0.15, 0.2) is 42.7 Å². The fourth-order valence-electron chi connectivity index (χ4n) is 3.87. The third-order valence-corrected chi connectivity index (χ3v) is 5.40. The zero-order valence-electron chi connectivity index (χ0n) is 16.3. The van der Waals surface area contributed by atoms with Crippen molar-refractivity contribution in [2.45, 2.75) is 25.1 Å². The third-order valence-electron chi connectivity index (χ3n) is 5.40. The normalized spacial score (nSPS) is 15.3. The van der Waals surface area contributed by atoms with Crippen LogP contribution in [0.3, 0.4) is 0 Å². The van der Waals surface area contributed by atoms with Gasteiger partial charge in [0, 0.05) is 36.4 Å². The van der Waals surface area contributed by atoms with Gasteiger partial charge in [0.05, 0.1) is 5.56 Å². The molecule has 0 saturated carbocycles. The Morgan fingerprint density at radius 1 is 1.13 bits per heavy atom. The van der Waals surface area contributed by atoms with E-state index in [2.05, 4.69) is 14.7 Å². The minimum atomic E-state index is -4.77. The van der Waals surface area contributed by atoms with Gasteiger partial charge in [-0.25, -0.2) is 4.98 Å². The minimum absolute atomic E-state index is 0.172. The highest BCUT2D eigenvalue weighted by Crippen LogP contribution is 2.33. The molecule has 3 aromatic rings. The molecule has 1 saturated heterocycles. The van der Waals surface area contributed by atoms with Gasteiger partial charge >= 0.3 is 6.36 Å². The maximum absolute atomic E-state index is 12.7. The van der Waals surface area contributed by atoms with E-state index >= 15 is 0 Å². The van der Waals surface area contributed by atoms with Crippen LogP contribution in [-0.2, 0) is 0 Å². The van der Waals surface area contributed by atoms with Gasteiger partial charge in [-0.2, -0.15) is 0 Å². The van der Waals surface area contributed by atoms with E-state index in [4.69, 9.17) is 5.73 Å². The van der Waals surface area contributed by atoms with Crippen LogP contribution >= 0.6 is 0 Å². The maximum atomic E-state index is 12.7. The zero-order chi connectivity index (χ0) is 22.2. The van der Waals surface area contributed by atoms with Crippen molar-refractivity contribution in [2.75, 3.05) is 13.1 Å². The summed E-state index contributed by atoms with van der Waals surface area (Å²) in [5, 5.41) is 0.835. The Labute approximate surface area is 175 Å². The van der Waals surface area contributed by atoms with Crippen LogP contribution in [0.4, 0.5) is 13.2 Å². The lowest BCUT2D eigenvalue weighted by molar-refractivity contribution is -0.274. The molecule has 3 heterocycles. The van der Waals surface area contributed by atoms with Gasteiger partial charge in [0.25, 0.3) is 5.91 Å². The zero-order valence-corrected chi connectivity index (χ0v) is 16.3. The van der Waals surface area contributed by atoms with Crippen LogP contribution in [0.25, 0.3) is 11.0 Å². The molecule has 4 rings (SSSR count). The number of rotatable bonds is 4. The van der Waals surface area contributed by atoms with Crippen LogP contribution in [0.2, 0.25) is 0 Å². The summed E-state index contributed by atoms with van der Waals surface area (Å²) < 4.78 is 40.7. The van der Waals surface area contributed by atoms with E-state index in [0.717, 1.165) is 23.1 Å². The number of benzene rings is 1. The number of aromatic nitrogens is 2. The number of nitrogens with one attached hydrogen (secondary N) is 1. The number of primary amides is 1. The number of fused-ring (bicyclic) bond motifs is 1. The quantitative estimate of drug-likeness (QED) is 0.658. The van der Waals surface area contributed by atoms with Crippen LogP contribution in [-0.4, -0.2) is 46.1 Å². The number of nitrogens with zero attached hydrogens (tertiary/aromatic N) is 2. The summed E-state index contributed by atoms with van der Waals surface area (Å²) in [7, 11) is 0. The molecule has 2 amide bonds. The van der Waals surface area contributed by atoms with Crippen molar-refractivity contribution in [2.24, 2.45) is 5.73 Å². The third kappa shape index (κ3) is 4.47. The first-order chi connectivity index (χ1) is 14.7. The number of likely N-dealkylation sites (tertiary alicyclic amines) is 1. The lowest BCUT2D eigenvalue weighted by atomic mass is 9.89. The number of piperidine rings is 1. The predicted octanol–water partition coefficient (Wildman–Crippen LogP) is 3.58. The highest BCUT2D eigenvalue weighted by Gasteiger charge is 2.31. The van der Waals surface area contributed by atoms with Gasteiger partial charge in [0.1, 0.15) is 11.4 Å². The minimum Gasteiger partial charge on any atom is -0.406 e. The Morgan fingerprint density at radius 3 is 2.42 bits per heavy atom. The number of alkyl halides is 3. The molecule has 0 bridgehead atoms. The number of hydrogen-bond acceptors (Lipinski definition) is 4. The smallest absolute Gasteiger partial charge is 0.406 e. The Kier molecular flexibility index (Phi) is 5.30. The van der Waals surface area contributed by atoms with Gasteiger partial charge in [0.15, 0.2) is 0 Å². The first-order valence-corrected chi connectivity index (χ1v) is 9.63. The van der Waals surface area contributed by atoms with Crippen molar-refractivity contribution in [1.82, 2.24) is 14.9 Å². The Balaban J connectivity index is 1.43. The van der Waals surface area contributed by atoms with Gasteiger partial charge in [0.2, 0.25) is 5.91 Å². The number of hydrogen-bond donors (Lipinski definition) is 2. The molecule has 3 N–H and O–H groups in total. The molecule has 0 radical (unpaired) electrons. The highest BCUT2D eigenvalue weighted by atomic mass is 19.4. The van der Waals surface area contributed by atoms with Crippen LogP contribution < -0.4 is 10.5 Å². The monoisotopic (exact) mass is 432 g/mol. The van der Waals surface area contributed by atoms with Crippen molar-refractivity contribution < 1.29 is 27.5 Å². The van der Waals surface area contributed by atoms with E-state index in [0.29, 0.717) is 42.7 Å². The Morgan fingerprint density at radius 2 is 1.81 bits per heavy atom. The summed E-state index contributed by atoms with van der Waals surface area (Å²) in [4.78, 5) is 33.2. The van der Waals surface area contributed by atoms with Gasteiger partial charge in [-0.3, -0.25) is 9.59 Å². The van der Waals surface area contributed by atoms with E-state index in [-0.39, 0.29) is 17.6 Å². The fraction of sp³-hybridized carbons (Fsp3) is 0.286. The molecule has 31 heavy (non-hydrogen) atoms. The molecule has 0 aliphatic carbocycles. The molecule has 0 spiro atoms. The van der Waals surface area contributed by atoms with Gasteiger partial charge in [-0.15, -0.1) is 13.2 Å². The second-order valence-corrected chi connectivity index (χ2v) is 7.37. The lowest BCUT2D eigenvalue weighted by Gasteiger charge is -2.32. The van der Waals surface area contributed by atoms with Crippen molar-refractivity contribution in [3.63, 3.8) is 0 Å². The molecule has 2 aromatic heterocycles. The summed E-state index contributed by atoms with van der Waals surface area (Å²) >= 11 is 0. The fourth-order valence-corrected chi connectivity index (χ4v) is 3.87. The number of amides is 2. The molecule has 162 valence electrons. The summed E-state index contributed by atoms with van der Waals surface area (Å²) in [6.45, 7) is 1.000. The SMILES string of the molecule is NC(=O)c1cnc2[nH]cc(C3CCN(C(=O)c4ccc(OC(F)(F)F)cc4)CC3)c2c1. The number of carbonyl (C=O) groups excluding carboxylic acids is 2. The Bertz CT molecular complexity index is 1120. The van der Waals surface area contributed by atoms with Gasteiger partial charge in [-0.1, -0.05) is 0 Å². The average Bonchev–Trinajstić information content (AvgIpc) is 3.16. The molecule has 1 aliphatic heterocycles. The molecule has 10 heteroatoms. The van der Waals surface area contributed by atoms with E-state index in [9.17, 15) is 22.8 Å². The van der Waals surface area contributed by atoms with E-state index in [1.165, 1.54) is 18.3 Å². The van der Waals surface area contributed by atoms with Crippen molar-refractivity contribution in [3.05, 3.63) is 59.4 Å². The standard InChI is InChI=1S/C21H19F3N4O3/c22-21(23,24)31-15-3-1-13(2-4-15)20(30)28-7-5-12(6-8-28)17-11-27-19-16(17)9-14(10-26-19)18(25)29/h1-4,9-12H,5-8H2,(H2,25,29)(H,26,27). The van der Waals surface area contributed by atoms with Crippen molar-refractivity contribution in [3.8, 4) is 5.75 Å². The highest BCUT2D eigenvalue weighted by molar-refractivity contribution is 5.96. The first kappa shape index (κ1) is 20.7. The molecular weight excluding hydrogens is 413 g/mol. The number of H-pyrrole nitrogens is 1. The van der Waals surface area contributed by atoms with E-state index in [1.807, 2.05) is 6.20 Å².